The van der Waals surface area contributed by atoms with Crippen molar-refractivity contribution in [2.24, 2.45) is 0 Å². The van der Waals surface area contributed by atoms with Crippen molar-refractivity contribution in [1.29, 1.82) is 0 Å². The lowest BCUT2D eigenvalue weighted by Crippen LogP contribution is -2.22. The van der Waals surface area contributed by atoms with Crippen molar-refractivity contribution in [3.63, 3.8) is 0 Å². The Kier molecular flexibility index (Phi) is 3.82. The molecule has 6 heteroatoms. The van der Waals surface area contributed by atoms with Crippen LogP contribution in [0.4, 0.5) is 0 Å². The normalized spacial score (nSPS) is 16.8. The summed E-state index contributed by atoms with van der Waals surface area (Å²) in [6.45, 7) is 2.58. The second-order valence-electron chi connectivity index (χ2n) is 3.04. The van der Waals surface area contributed by atoms with Gasteiger partial charge in [0.2, 0.25) is 5.91 Å². The molecule has 0 saturated carbocycles. The Morgan fingerprint density at radius 3 is 2.75 bits per heavy atom. The van der Waals surface area contributed by atoms with Crippen LogP contribution in [0.2, 0.25) is 0 Å². The van der Waals surface area contributed by atoms with E-state index in [1.165, 1.54) is 26.0 Å². The summed E-state index contributed by atoms with van der Waals surface area (Å²) < 4.78 is 9.41. The highest BCUT2D eigenvalue weighted by Gasteiger charge is 2.21. The number of nitrogens with one attached hydrogen (secondary N) is 1. The minimum atomic E-state index is -0.635. The number of allylic oxidation sites excluding steroid dienone is 1. The summed E-state index contributed by atoms with van der Waals surface area (Å²) in [5, 5.41) is 2.32. The van der Waals surface area contributed by atoms with Crippen LogP contribution in [-0.4, -0.2) is 24.5 Å². The van der Waals surface area contributed by atoms with Gasteiger partial charge in [-0.2, -0.15) is 0 Å². The maximum atomic E-state index is 11.2. The minimum Gasteiger partial charge on any atom is -0.461 e. The summed E-state index contributed by atoms with van der Waals surface area (Å²) in [6, 6.07) is 0. The topological polar surface area (TPSA) is 81.7 Å². The van der Waals surface area contributed by atoms with Crippen LogP contribution in [0.1, 0.15) is 13.8 Å². The molecule has 0 spiro atoms. The zero-order chi connectivity index (χ0) is 12.1. The molecule has 16 heavy (non-hydrogen) atoms. The Balaban J connectivity index is 2.59. The lowest BCUT2D eigenvalue weighted by Gasteiger charge is -1.98. The summed E-state index contributed by atoms with van der Waals surface area (Å²) in [5.41, 5.74) is 0.0709. The van der Waals surface area contributed by atoms with Gasteiger partial charge in [-0.25, -0.2) is 4.79 Å². The van der Waals surface area contributed by atoms with E-state index < -0.39 is 11.9 Å². The third-order valence-electron chi connectivity index (χ3n) is 1.60. The molecule has 1 heterocycles. The van der Waals surface area contributed by atoms with Crippen molar-refractivity contribution in [1.82, 2.24) is 5.32 Å². The number of carbonyl (C=O) groups is 3. The van der Waals surface area contributed by atoms with Crippen LogP contribution in [-0.2, 0) is 23.9 Å². The molecular weight excluding hydrogens is 214 g/mol. The molecular formula is C10H11NO5. The van der Waals surface area contributed by atoms with Gasteiger partial charge in [0.25, 0.3) is 0 Å². The van der Waals surface area contributed by atoms with Gasteiger partial charge in [-0.1, -0.05) is 0 Å². The molecule has 1 aliphatic rings. The van der Waals surface area contributed by atoms with Gasteiger partial charge < -0.3 is 14.8 Å². The minimum absolute atomic E-state index is 0.0157. The first-order chi connectivity index (χ1) is 7.49. The maximum Gasteiger partial charge on any atom is 0.360 e. The summed E-state index contributed by atoms with van der Waals surface area (Å²) in [5.74, 6) is -1.17. The Hall–Kier alpha value is -2.11. The number of carbonyl (C=O) groups excluding carboxylic acids is 3. The first kappa shape index (κ1) is 12.0. The fraction of sp³-hybridized carbons (Fsp3) is 0.300. The van der Waals surface area contributed by atoms with Crippen molar-refractivity contribution < 1.29 is 23.9 Å². The Morgan fingerprint density at radius 1 is 1.50 bits per heavy atom. The van der Waals surface area contributed by atoms with Crippen LogP contribution in [0.3, 0.4) is 0 Å². The molecule has 0 bridgehead atoms. The highest BCUT2D eigenvalue weighted by atomic mass is 16.5. The van der Waals surface area contributed by atoms with Crippen LogP contribution in [0.25, 0.3) is 0 Å². The number of esters is 2. The lowest BCUT2D eigenvalue weighted by atomic mass is 10.4. The molecule has 0 unspecified atom stereocenters. The molecule has 1 aliphatic heterocycles. The molecule has 0 aromatic heterocycles. The highest BCUT2D eigenvalue weighted by Crippen LogP contribution is 2.14. The van der Waals surface area contributed by atoms with E-state index in [-0.39, 0.29) is 24.0 Å². The molecule has 0 fully saturated rings. The van der Waals surface area contributed by atoms with E-state index in [2.05, 4.69) is 10.1 Å². The average molecular weight is 225 g/mol. The molecule has 1 rings (SSSR count). The Morgan fingerprint density at radius 2 is 2.19 bits per heavy atom. The highest BCUT2D eigenvalue weighted by molar-refractivity contribution is 5.96. The standard InChI is InChI=1S/C10H11NO5/c1-6(12)11-9-5-8(16-10(9)14)3-4-15-7(2)13/h3,5H,4H2,1-2H3,(H,11,12)/b8-3+. The number of rotatable bonds is 3. The van der Waals surface area contributed by atoms with E-state index in [1.54, 1.807) is 0 Å². The van der Waals surface area contributed by atoms with E-state index in [1.807, 2.05) is 0 Å². The Bertz CT molecular complexity index is 394. The Labute approximate surface area is 91.9 Å². The largest absolute Gasteiger partial charge is 0.461 e. The van der Waals surface area contributed by atoms with Gasteiger partial charge in [-0.3, -0.25) is 9.59 Å². The predicted molar refractivity (Wildman–Crippen MR) is 52.7 cm³/mol. The van der Waals surface area contributed by atoms with Crippen molar-refractivity contribution >= 4 is 17.8 Å². The van der Waals surface area contributed by atoms with Gasteiger partial charge in [-0.05, 0) is 6.08 Å². The van der Waals surface area contributed by atoms with E-state index >= 15 is 0 Å². The van der Waals surface area contributed by atoms with Crippen molar-refractivity contribution in [3.8, 4) is 0 Å². The van der Waals surface area contributed by atoms with Gasteiger partial charge in [0.1, 0.15) is 18.1 Å². The fourth-order valence-corrected chi connectivity index (χ4v) is 1.01. The monoisotopic (exact) mass is 225 g/mol. The molecule has 0 atom stereocenters. The first-order valence-corrected chi connectivity index (χ1v) is 4.54. The van der Waals surface area contributed by atoms with Crippen molar-refractivity contribution in [3.05, 3.63) is 23.6 Å². The lowest BCUT2D eigenvalue weighted by molar-refractivity contribution is -0.139. The third-order valence-corrected chi connectivity index (χ3v) is 1.60. The predicted octanol–water partition coefficient (Wildman–Crippen LogP) is 0.0102. The zero-order valence-electron chi connectivity index (χ0n) is 8.90. The summed E-state index contributed by atoms with van der Waals surface area (Å²) in [7, 11) is 0. The molecule has 86 valence electrons. The smallest absolute Gasteiger partial charge is 0.360 e. The first-order valence-electron chi connectivity index (χ1n) is 4.54. The second-order valence-corrected chi connectivity index (χ2v) is 3.04. The van der Waals surface area contributed by atoms with Gasteiger partial charge >= 0.3 is 11.9 Å². The average Bonchev–Trinajstić information content (AvgIpc) is 2.45. The molecule has 0 radical (unpaired) electrons. The van der Waals surface area contributed by atoms with Crippen molar-refractivity contribution in [2.45, 2.75) is 13.8 Å². The molecule has 1 N–H and O–H groups in total. The molecule has 6 nitrogen and oxygen atoms in total. The molecule has 1 amide bonds. The zero-order valence-corrected chi connectivity index (χ0v) is 8.90. The number of hydrogen-bond donors (Lipinski definition) is 1. The molecule has 0 saturated heterocycles. The van der Waals surface area contributed by atoms with Gasteiger partial charge in [0, 0.05) is 19.9 Å². The number of amides is 1. The fourth-order valence-electron chi connectivity index (χ4n) is 1.01. The van der Waals surface area contributed by atoms with E-state index in [0.29, 0.717) is 0 Å². The molecule has 0 aliphatic carbocycles. The van der Waals surface area contributed by atoms with Crippen LogP contribution in [0, 0.1) is 0 Å². The van der Waals surface area contributed by atoms with Gasteiger partial charge in [0.05, 0.1) is 0 Å². The summed E-state index contributed by atoms with van der Waals surface area (Å²) in [6.07, 6.45) is 2.79. The van der Waals surface area contributed by atoms with Gasteiger partial charge in [-0.15, -0.1) is 0 Å². The van der Waals surface area contributed by atoms with E-state index in [9.17, 15) is 14.4 Å². The van der Waals surface area contributed by atoms with Crippen molar-refractivity contribution in [2.75, 3.05) is 6.61 Å². The number of cyclic esters (lactones) is 1. The SMILES string of the molecule is CC(=O)NC1=C/C(=C\COC(C)=O)OC1=O. The second kappa shape index (κ2) is 5.11. The van der Waals surface area contributed by atoms with E-state index in [0.717, 1.165) is 0 Å². The van der Waals surface area contributed by atoms with E-state index in [4.69, 9.17) is 4.74 Å². The summed E-state index contributed by atoms with van der Waals surface area (Å²) in [4.78, 5) is 32.3. The van der Waals surface area contributed by atoms with Gasteiger partial charge in [0.15, 0.2) is 0 Å². The third kappa shape index (κ3) is 3.56. The summed E-state index contributed by atoms with van der Waals surface area (Å²) >= 11 is 0. The number of hydrogen-bond acceptors (Lipinski definition) is 5. The molecule has 0 aromatic carbocycles. The molecule has 0 aromatic rings. The van der Waals surface area contributed by atoms with Crippen LogP contribution >= 0.6 is 0 Å². The van der Waals surface area contributed by atoms with Crippen LogP contribution in [0.15, 0.2) is 23.6 Å². The quantitative estimate of drug-likeness (QED) is 0.684. The number of ether oxygens (including phenoxy) is 2. The van der Waals surface area contributed by atoms with Crippen LogP contribution < -0.4 is 5.32 Å². The maximum absolute atomic E-state index is 11.2. The van der Waals surface area contributed by atoms with Crippen LogP contribution in [0.5, 0.6) is 0 Å².